The van der Waals surface area contributed by atoms with Gasteiger partial charge in [0, 0.05) is 30.8 Å². The van der Waals surface area contributed by atoms with Crippen molar-refractivity contribution in [2.75, 3.05) is 20.8 Å². The van der Waals surface area contributed by atoms with E-state index in [4.69, 9.17) is 4.74 Å². The topological polar surface area (TPSA) is 34.1 Å². The highest BCUT2D eigenvalue weighted by Gasteiger charge is 2.13. The molecule has 0 fully saturated rings. The highest BCUT2D eigenvalue weighted by Crippen LogP contribution is 2.26. The second-order valence-electron chi connectivity index (χ2n) is 4.85. The van der Waals surface area contributed by atoms with Gasteiger partial charge < -0.3 is 10.1 Å². The molecule has 0 aliphatic heterocycles. The van der Waals surface area contributed by atoms with Crippen molar-refractivity contribution in [3.05, 3.63) is 41.6 Å². The lowest BCUT2D eigenvalue weighted by atomic mass is 9.97. The quantitative estimate of drug-likeness (QED) is 0.808. The highest BCUT2D eigenvalue weighted by molar-refractivity contribution is 5.82. The summed E-state index contributed by atoms with van der Waals surface area (Å²) in [7, 11) is 3.77. The van der Waals surface area contributed by atoms with E-state index in [9.17, 15) is 0 Å². The molecule has 0 radical (unpaired) electrons. The molecule has 1 heterocycles. The lowest BCUT2D eigenvalue weighted by Gasteiger charge is -2.19. The molecule has 1 atom stereocenters. The van der Waals surface area contributed by atoms with E-state index < -0.39 is 0 Å². The summed E-state index contributed by atoms with van der Waals surface area (Å²) in [5.41, 5.74) is 3.48. The summed E-state index contributed by atoms with van der Waals surface area (Å²) in [6.45, 7) is 2.86. The molecular formula is C16H22N2O. The van der Waals surface area contributed by atoms with E-state index in [-0.39, 0.29) is 0 Å². The van der Waals surface area contributed by atoms with Crippen LogP contribution in [0.1, 0.15) is 30.1 Å². The maximum absolute atomic E-state index is 5.14. The zero-order chi connectivity index (χ0) is 13.7. The van der Waals surface area contributed by atoms with Crippen LogP contribution in [-0.2, 0) is 4.74 Å². The Morgan fingerprint density at radius 1 is 1.32 bits per heavy atom. The second kappa shape index (κ2) is 6.64. The van der Waals surface area contributed by atoms with Crippen molar-refractivity contribution in [1.82, 2.24) is 10.3 Å². The molecule has 1 unspecified atom stereocenters. The highest BCUT2D eigenvalue weighted by atomic mass is 16.5. The van der Waals surface area contributed by atoms with E-state index >= 15 is 0 Å². The molecule has 0 amide bonds. The van der Waals surface area contributed by atoms with E-state index in [1.807, 2.05) is 13.1 Å². The molecule has 0 saturated carbocycles. The molecule has 102 valence electrons. The zero-order valence-electron chi connectivity index (χ0n) is 11.9. The SMILES string of the molecule is CNC(CCCOC)c1cc(C)nc2ccccc12. The Morgan fingerprint density at radius 2 is 2.11 bits per heavy atom. The van der Waals surface area contributed by atoms with E-state index in [1.54, 1.807) is 7.11 Å². The van der Waals surface area contributed by atoms with Crippen molar-refractivity contribution < 1.29 is 4.74 Å². The van der Waals surface area contributed by atoms with E-state index in [0.717, 1.165) is 30.7 Å². The summed E-state index contributed by atoms with van der Waals surface area (Å²) >= 11 is 0. The molecule has 1 N–H and O–H groups in total. The number of aromatic nitrogens is 1. The maximum atomic E-state index is 5.14. The fraction of sp³-hybridized carbons (Fsp3) is 0.438. The number of rotatable bonds is 6. The first-order chi connectivity index (χ1) is 9.26. The van der Waals surface area contributed by atoms with Crippen LogP contribution in [0.15, 0.2) is 30.3 Å². The van der Waals surface area contributed by atoms with Gasteiger partial charge in [-0.15, -0.1) is 0 Å². The number of ether oxygens (including phenoxy) is 1. The first-order valence-electron chi connectivity index (χ1n) is 6.78. The summed E-state index contributed by atoms with van der Waals surface area (Å²) in [5.74, 6) is 0. The van der Waals surface area contributed by atoms with Crippen molar-refractivity contribution in [3.8, 4) is 0 Å². The summed E-state index contributed by atoms with van der Waals surface area (Å²) in [4.78, 5) is 4.60. The van der Waals surface area contributed by atoms with Gasteiger partial charge in [-0.2, -0.15) is 0 Å². The van der Waals surface area contributed by atoms with Crippen LogP contribution >= 0.6 is 0 Å². The third-order valence-corrected chi connectivity index (χ3v) is 3.44. The third kappa shape index (κ3) is 3.31. The van der Waals surface area contributed by atoms with Gasteiger partial charge in [-0.25, -0.2) is 0 Å². The number of nitrogens with zero attached hydrogens (tertiary/aromatic N) is 1. The number of fused-ring (bicyclic) bond motifs is 1. The van der Waals surface area contributed by atoms with Gasteiger partial charge in [0.1, 0.15) is 0 Å². The first kappa shape index (κ1) is 14.0. The van der Waals surface area contributed by atoms with Gasteiger partial charge in [0.05, 0.1) is 5.52 Å². The fourth-order valence-electron chi connectivity index (χ4n) is 2.52. The number of aryl methyl sites for hydroxylation is 1. The van der Waals surface area contributed by atoms with Gasteiger partial charge in [-0.3, -0.25) is 4.98 Å². The third-order valence-electron chi connectivity index (χ3n) is 3.44. The van der Waals surface area contributed by atoms with Gasteiger partial charge in [0.25, 0.3) is 0 Å². The van der Waals surface area contributed by atoms with Crippen molar-refractivity contribution >= 4 is 10.9 Å². The number of hydrogen-bond acceptors (Lipinski definition) is 3. The van der Waals surface area contributed by atoms with Crippen LogP contribution in [0.25, 0.3) is 10.9 Å². The van der Waals surface area contributed by atoms with Crippen LogP contribution in [0.5, 0.6) is 0 Å². The van der Waals surface area contributed by atoms with E-state index in [1.165, 1.54) is 10.9 Å². The molecule has 2 rings (SSSR count). The molecule has 19 heavy (non-hydrogen) atoms. The van der Waals surface area contributed by atoms with Gasteiger partial charge in [0.15, 0.2) is 0 Å². The fourth-order valence-corrected chi connectivity index (χ4v) is 2.52. The van der Waals surface area contributed by atoms with Gasteiger partial charge in [0.2, 0.25) is 0 Å². The average Bonchev–Trinajstić information content (AvgIpc) is 2.43. The Balaban J connectivity index is 2.35. The van der Waals surface area contributed by atoms with Gasteiger partial charge >= 0.3 is 0 Å². The molecule has 1 aromatic carbocycles. The maximum Gasteiger partial charge on any atom is 0.0708 e. The Labute approximate surface area is 115 Å². The van der Waals surface area contributed by atoms with Crippen LogP contribution in [0, 0.1) is 6.92 Å². The van der Waals surface area contributed by atoms with Gasteiger partial charge in [-0.05, 0) is 44.5 Å². The Morgan fingerprint density at radius 3 is 2.84 bits per heavy atom. The van der Waals surface area contributed by atoms with E-state index in [2.05, 4.69) is 41.5 Å². The van der Waals surface area contributed by atoms with Crippen LogP contribution in [-0.4, -0.2) is 25.7 Å². The van der Waals surface area contributed by atoms with Crippen molar-refractivity contribution in [3.63, 3.8) is 0 Å². The minimum Gasteiger partial charge on any atom is -0.385 e. The zero-order valence-corrected chi connectivity index (χ0v) is 11.9. The second-order valence-corrected chi connectivity index (χ2v) is 4.85. The Kier molecular flexibility index (Phi) is 4.88. The van der Waals surface area contributed by atoms with Crippen LogP contribution in [0.2, 0.25) is 0 Å². The lowest BCUT2D eigenvalue weighted by Crippen LogP contribution is -2.17. The molecule has 0 aliphatic rings. The van der Waals surface area contributed by atoms with Crippen molar-refractivity contribution in [1.29, 1.82) is 0 Å². The number of methoxy groups -OCH3 is 1. The predicted octanol–water partition coefficient (Wildman–Crippen LogP) is 3.23. The standard InChI is InChI=1S/C16H22N2O/c1-12-11-14(15(17-2)9-6-10-19-3)13-7-4-5-8-16(13)18-12/h4-5,7-8,11,15,17H,6,9-10H2,1-3H3. The molecule has 0 bridgehead atoms. The molecule has 0 aliphatic carbocycles. The summed E-state index contributed by atoms with van der Waals surface area (Å²) in [6.07, 6.45) is 2.12. The predicted molar refractivity (Wildman–Crippen MR) is 79.4 cm³/mol. The Bertz CT molecular complexity index is 539. The molecule has 2 aromatic rings. The van der Waals surface area contributed by atoms with Gasteiger partial charge in [-0.1, -0.05) is 18.2 Å². The summed E-state index contributed by atoms with van der Waals surface area (Å²) in [6, 6.07) is 10.9. The van der Waals surface area contributed by atoms with Crippen molar-refractivity contribution in [2.24, 2.45) is 0 Å². The molecular weight excluding hydrogens is 236 g/mol. The van der Waals surface area contributed by atoms with Crippen LogP contribution < -0.4 is 5.32 Å². The lowest BCUT2D eigenvalue weighted by molar-refractivity contribution is 0.189. The number of benzene rings is 1. The Hall–Kier alpha value is -1.45. The molecule has 3 heteroatoms. The molecule has 0 saturated heterocycles. The number of pyridine rings is 1. The number of hydrogen-bond donors (Lipinski definition) is 1. The first-order valence-corrected chi connectivity index (χ1v) is 6.78. The largest absolute Gasteiger partial charge is 0.385 e. The van der Waals surface area contributed by atoms with Crippen LogP contribution in [0.3, 0.4) is 0 Å². The molecule has 0 spiro atoms. The molecule has 3 nitrogen and oxygen atoms in total. The summed E-state index contributed by atoms with van der Waals surface area (Å²) < 4.78 is 5.14. The average molecular weight is 258 g/mol. The smallest absolute Gasteiger partial charge is 0.0708 e. The van der Waals surface area contributed by atoms with Crippen LogP contribution in [0.4, 0.5) is 0 Å². The summed E-state index contributed by atoms with van der Waals surface area (Å²) in [5, 5.41) is 4.65. The van der Waals surface area contributed by atoms with Crippen molar-refractivity contribution in [2.45, 2.75) is 25.8 Å². The normalized spacial score (nSPS) is 12.8. The minimum atomic E-state index is 0.349. The van der Waals surface area contributed by atoms with E-state index in [0.29, 0.717) is 6.04 Å². The minimum absolute atomic E-state index is 0.349. The monoisotopic (exact) mass is 258 g/mol. The number of para-hydroxylation sites is 1. The number of nitrogens with one attached hydrogen (secondary N) is 1. The molecule has 1 aromatic heterocycles.